The molecule has 0 aliphatic heterocycles. The molecule has 0 heterocycles. The third kappa shape index (κ3) is 6.88. The van der Waals surface area contributed by atoms with E-state index in [1.807, 2.05) is 0 Å². The lowest BCUT2D eigenvalue weighted by Gasteiger charge is -2.22. The van der Waals surface area contributed by atoms with Gasteiger partial charge in [0.25, 0.3) is 0 Å². The molecule has 0 fully saturated rings. The van der Waals surface area contributed by atoms with Crippen LogP contribution in [-0.2, 0) is 32.0 Å². The summed E-state index contributed by atoms with van der Waals surface area (Å²) in [5.41, 5.74) is 1.42. The zero-order chi connectivity index (χ0) is 22.1. The minimum absolute atomic E-state index is 0.138. The highest BCUT2D eigenvalue weighted by Crippen LogP contribution is 2.15. The molecular weight excluding hydrogens is 391 g/mol. The Morgan fingerprint density at radius 2 is 1.60 bits per heavy atom. The van der Waals surface area contributed by atoms with Gasteiger partial charge in [-0.15, -0.1) is 0 Å². The number of carbonyl (C=O) groups is 3. The van der Waals surface area contributed by atoms with Gasteiger partial charge >= 0.3 is 5.97 Å². The summed E-state index contributed by atoms with van der Waals surface area (Å²) in [6, 6.07) is 10.8. The van der Waals surface area contributed by atoms with Crippen molar-refractivity contribution in [3.8, 4) is 5.75 Å². The average molecular weight is 416 g/mol. The van der Waals surface area contributed by atoms with Gasteiger partial charge in [-0.1, -0.05) is 24.3 Å². The molecule has 0 radical (unpaired) electrons. The summed E-state index contributed by atoms with van der Waals surface area (Å²) in [5, 5.41) is 5.22. The normalized spacial score (nSPS) is 12.4. The van der Waals surface area contributed by atoms with Gasteiger partial charge < -0.3 is 20.1 Å². The molecular formula is C22H25FN2O5. The van der Waals surface area contributed by atoms with Gasteiger partial charge in [0, 0.05) is 19.8 Å². The highest BCUT2D eigenvalue weighted by atomic mass is 19.1. The molecule has 0 aliphatic rings. The van der Waals surface area contributed by atoms with E-state index in [0.717, 1.165) is 5.56 Å². The molecule has 0 aromatic heterocycles. The minimum Gasteiger partial charge on any atom is -0.497 e. The van der Waals surface area contributed by atoms with Crippen molar-refractivity contribution in [1.82, 2.24) is 10.6 Å². The van der Waals surface area contributed by atoms with E-state index >= 15 is 0 Å². The third-order valence-corrected chi connectivity index (χ3v) is 4.42. The van der Waals surface area contributed by atoms with Crippen LogP contribution in [0.3, 0.4) is 0 Å². The molecule has 2 rings (SSSR count). The Hall–Kier alpha value is -3.42. The maximum absolute atomic E-state index is 13.1. The number of hydrogen-bond donors (Lipinski definition) is 2. The zero-order valence-corrected chi connectivity index (χ0v) is 17.1. The standard InChI is InChI=1S/C22H25FN2O5/c1-14(26)24-19(12-15-7-9-17(23)10-8-15)21(27)25-20(22(28)30-3)13-16-5-4-6-18(11-16)29-2/h4-11,19-20H,12-13H2,1-3H3,(H,24,26)(H,25,27)/t19-,20+/m0/s1. The SMILES string of the molecule is COC(=O)[C@@H](Cc1cccc(OC)c1)NC(=O)[C@H](Cc1ccc(F)cc1)NC(C)=O. The fraction of sp³-hybridized carbons (Fsp3) is 0.318. The Balaban J connectivity index is 2.17. The Morgan fingerprint density at radius 3 is 2.20 bits per heavy atom. The Labute approximate surface area is 174 Å². The molecule has 30 heavy (non-hydrogen) atoms. The summed E-state index contributed by atoms with van der Waals surface area (Å²) in [6.07, 6.45) is 0.317. The van der Waals surface area contributed by atoms with Gasteiger partial charge in [-0.25, -0.2) is 9.18 Å². The van der Waals surface area contributed by atoms with Crippen LogP contribution in [-0.4, -0.2) is 44.1 Å². The highest BCUT2D eigenvalue weighted by molar-refractivity contribution is 5.90. The molecule has 0 bridgehead atoms. The summed E-state index contributed by atoms with van der Waals surface area (Å²) < 4.78 is 23.1. The van der Waals surface area contributed by atoms with Crippen LogP contribution >= 0.6 is 0 Å². The molecule has 0 unspecified atom stereocenters. The molecule has 2 atom stereocenters. The van der Waals surface area contributed by atoms with Gasteiger partial charge in [-0.2, -0.15) is 0 Å². The maximum Gasteiger partial charge on any atom is 0.328 e. The first-order valence-electron chi connectivity index (χ1n) is 9.35. The molecule has 0 aliphatic carbocycles. The van der Waals surface area contributed by atoms with E-state index in [-0.39, 0.29) is 12.8 Å². The van der Waals surface area contributed by atoms with Crippen LogP contribution in [0.5, 0.6) is 5.75 Å². The van der Waals surface area contributed by atoms with Crippen molar-refractivity contribution in [3.63, 3.8) is 0 Å². The summed E-state index contributed by atoms with van der Waals surface area (Å²) in [7, 11) is 2.77. The topological polar surface area (TPSA) is 93.7 Å². The van der Waals surface area contributed by atoms with Crippen molar-refractivity contribution in [1.29, 1.82) is 0 Å². The number of amides is 2. The molecule has 2 aromatic carbocycles. The predicted octanol–water partition coefficient (Wildman–Crippen LogP) is 1.78. The molecule has 2 amide bonds. The number of benzene rings is 2. The van der Waals surface area contributed by atoms with Gasteiger partial charge in [0.05, 0.1) is 14.2 Å². The van der Waals surface area contributed by atoms with Crippen LogP contribution in [0.1, 0.15) is 18.1 Å². The smallest absolute Gasteiger partial charge is 0.328 e. The van der Waals surface area contributed by atoms with Crippen molar-refractivity contribution >= 4 is 17.8 Å². The molecule has 0 saturated heterocycles. The van der Waals surface area contributed by atoms with Crippen molar-refractivity contribution in [2.45, 2.75) is 31.8 Å². The second kappa shape index (κ2) is 10.9. The number of ether oxygens (including phenoxy) is 2. The van der Waals surface area contributed by atoms with Crippen LogP contribution in [0.2, 0.25) is 0 Å². The largest absolute Gasteiger partial charge is 0.497 e. The van der Waals surface area contributed by atoms with E-state index in [1.165, 1.54) is 45.4 Å². The Kier molecular flexibility index (Phi) is 8.34. The van der Waals surface area contributed by atoms with Crippen LogP contribution in [0.15, 0.2) is 48.5 Å². The fourth-order valence-electron chi connectivity index (χ4n) is 2.95. The first-order valence-corrected chi connectivity index (χ1v) is 9.35. The van der Waals surface area contributed by atoms with E-state index in [0.29, 0.717) is 11.3 Å². The fourth-order valence-corrected chi connectivity index (χ4v) is 2.95. The highest BCUT2D eigenvalue weighted by Gasteiger charge is 2.27. The minimum atomic E-state index is -0.959. The molecule has 7 nitrogen and oxygen atoms in total. The van der Waals surface area contributed by atoms with Gasteiger partial charge in [0.2, 0.25) is 11.8 Å². The number of rotatable bonds is 9. The zero-order valence-electron chi connectivity index (χ0n) is 17.1. The molecule has 2 aromatic rings. The number of halogens is 1. The van der Waals surface area contributed by atoms with Gasteiger partial charge in [0.1, 0.15) is 23.7 Å². The summed E-state index contributed by atoms with van der Waals surface area (Å²) >= 11 is 0. The van der Waals surface area contributed by atoms with Crippen LogP contribution in [0.4, 0.5) is 4.39 Å². The summed E-state index contributed by atoms with van der Waals surface area (Å²) in [5.74, 6) is -1.35. The number of hydrogen-bond acceptors (Lipinski definition) is 5. The summed E-state index contributed by atoms with van der Waals surface area (Å²) in [4.78, 5) is 36.7. The van der Waals surface area contributed by atoms with Gasteiger partial charge in [-0.3, -0.25) is 9.59 Å². The number of nitrogens with one attached hydrogen (secondary N) is 2. The van der Waals surface area contributed by atoms with Gasteiger partial charge in [-0.05, 0) is 35.4 Å². The number of methoxy groups -OCH3 is 2. The number of esters is 1. The first kappa shape index (κ1) is 22.9. The van der Waals surface area contributed by atoms with Gasteiger partial charge in [0.15, 0.2) is 0 Å². The molecule has 160 valence electrons. The monoisotopic (exact) mass is 416 g/mol. The van der Waals surface area contributed by atoms with Crippen molar-refractivity contribution in [2.75, 3.05) is 14.2 Å². The second-order valence-electron chi connectivity index (χ2n) is 6.72. The third-order valence-electron chi connectivity index (χ3n) is 4.42. The quantitative estimate of drug-likeness (QED) is 0.608. The van der Waals surface area contributed by atoms with E-state index in [1.54, 1.807) is 24.3 Å². The Bertz CT molecular complexity index is 885. The summed E-state index contributed by atoms with van der Waals surface area (Å²) in [6.45, 7) is 1.29. The second-order valence-corrected chi connectivity index (χ2v) is 6.72. The average Bonchev–Trinajstić information content (AvgIpc) is 2.73. The lowest BCUT2D eigenvalue weighted by Crippen LogP contribution is -2.53. The van der Waals surface area contributed by atoms with Crippen molar-refractivity contribution < 1.29 is 28.2 Å². The molecule has 0 saturated carbocycles. The number of carbonyl (C=O) groups excluding carboxylic acids is 3. The lowest BCUT2D eigenvalue weighted by atomic mass is 10.0. The van der Waals surface area contributed by atoms with Crippen LogP contribution in [0, 0.1) is 5.82 Å². The maximum atomic E-state index is 13.1. The molecule has 0 spiro atoms. The van der Waals surface area contributed by atoms with E-state index in [9.17, 15) is 18.8 Å². The van der Waals surface area contributed by atoms with Crippen molar-refractivity contribution in [3.05, 3.63) is 65.5 Å². The molecule has 2 N–H and O–H groups in total. The van der Waals surface area contributed by atoms with E-state index < -0.39 is 35.7 Å². The van der Waals surface area contributed by atoms with E-state index in [2.05, 4.69) is 10.6 Å². The van der Waals surface area contributed by atoms with E-state index in [4.69, 9.17) is 9.47 Å². The molecule has 8 heteroatoms. The first-order chi connectivity index (χ1) is 14.3. The van der Waals surface area contributed by atoms with Crippen molar-refractivity contribution in [2.24, 2.45) is 0 Å². The van der Waals surface area contributed by atoms with Crippen LogP contribution in [0.25, 0.3) is 0 Å². The predicted molar refractivity (Wildman–Crippen MR) is 108 cm³/mol. The van der Waals surface area contributed by atoms with Crippen LogP contribution < -0.4 is 15.4 Å². The lowest BCUT2D eigenvalue weighted by molar-refractivity contribution is -0.145. The Morgan fingerprint density at radius 1 is 0.933 bits per heavy atom.